The summed E-state index contributed by atoms with van der Waals surface area (Å²) in [6.45, 7) is 13.8. The van der Waals surface area contributed by atoms with Crippen molar-refractivity contribution in [2.24, 2.45) is 5.41 Å². The summed E-state index contributed by atoms with van der Waals surface area (Å²) in [7, 11) is 0. The van der Waals surface area contributed by atoms with Gasteiger partial charge in [-0.25, -0.2) is 0 Å². The van der Waals surface area contributed by atoms with E-state index in [0.29, 0.717) is 11.3 Å². The molecule has 98 valence electrons. The van der Waals surface area contributed by atoms with Gasteiger partial charge in [0, 0.05) is 10.8 Å². The van der Waals surface area contributed by atoms with Crippen molar-refractivity contribution >= 4 is 0 Å². The van der Waals surface area contributed by atoms with Gasteiger partial charge in [0.1, 0.15) is 0 Å². The molecule has 0 aromatic carbocycles. The lowest BCUT2D eigenvalue weighted by Gasteiger charge is -2.34. The van der Waals surface area contributed by atoms with Gasteiger partial charge in [0.15, 0.2) is 0 Å². The third kappa shape index (κ3) is 1.24. The fraction of sp³-hybridized carbons (Fsp3) is 0.750. The molecule has 2 aliphatic carbocycles. The van der Waals surface area contributed by atoms with Gasteiger partial charge in [0.25, 0.3) is 0 Å². The summed E-state index contributed by atoms with van der Waals surface area (Å²) in [5.74, 6) is 0.675. The van der Waals surface area contributed by atoms with Crippen LogP contribution in [0.15, 0.2) is 6.07 Å². The third-order valence-corrected chi connectivity index (χ3v) is 5.72. The molecule has 1 heterocycles. The van der Waals surface area contributed by atoms with E-state index in [4.69, 9.17) is 0 Å². The Balaban J connectivity index is 2.19. The standard InChI is InChI=1S/C16H24N2/c1-14(2,3)12-9-10-11-7-8-16(6,15(11,4)5)13(10)18-17-12/h9,11H,7-8H2,1-6H3. The summed E-state index contributed by atoms with van der Waals surface area (Å²) in [5.41, 5.74) is 4.55. The summed E-state index contributed by atoms with van der Waals surface area (Å²) in [5, 5.41) is 9.13. The maximum absolute atomic E-state index is 4.63. The number of rotatable bonds is 0. The molecular weight excluding hydrogens is 220 g/mol. The van der Waals surface area contributed by atoms with Crippen LogP contribution >= 0.6 is 0 Å². The van der Waals surface area contributed by atoms with E-state index in [2.05, 4.69) is 57.8 Å². The monoisotopic (exact) mass is 244 g/mol. The highest BCUT2D eigenvalue weighted by Gasteiger charge is 2.60. The zero-order valence-electron chi connectivity index (χ0n) is 12.5. The first kappa shape index (κ1) is 12.1. The number of aromatic nitrogens is 2. The highest BCUT2D eigenvalue weighted by Crippen LogP contribution is 2.67. The highest BCUT2D eigenvalue weighted by molar-refractivity contribution is 5.45. The third-order valence-electron chi connectivity index (χ3n) is 5.72. The Kier molecular flexibility index (Phi) is 2.12. The average Bonchev–Trinajstić information content (AvgIpc) is 2.58. The van der Waals surface area contributed by atoms with Crippen LogP contribution in [-0.2, 0) is 10.8 Å². The van der Waals surface area contributed by atoms with Crippen LogP contribution in [0.3, 0.4) is 0 Å². The van der Waals surface area contributed by atoms with Gasteiger partial charge in [-0.05, 0) is 35.8 Å². The number of hydrogen-bond donors (Lipinski definition) is 0. The maximum Gasteiger partial charge on any atom is 0.0730 e. The van der Waals surface area contributed by atoms with E-state index in [1.807, 2.05) is 0 Å². The minimum absolute atomic E-state index is 0.0922. The first-order valence-corrected chi connectivity index (χ1v) is 7.06. The van der Waals surface area contributed by atoms with Crippen LogP contribution < -0.4 is 0 Å². The van der Waals surface area contributed by atoms with Crippen LogP contribution in [0.4, 0.5) is 0 Å². The quantitative estimate of drug-likeness (QED) is 0.690. The van der Waals surface area contributed by atoms with Gasteiger partial charge in [0.05, 0.1) is 11.4 Å². The Morgan fingerprint density at radius 2 is 1.83 bits per heavy atom. The minimum Gasteiger partial charge on any atom is -0.155 e. The molecule has 1 saturated carbocycles. The van der Waals surface area contributed by atoms with E-state index >= 15 is 0 Å². The maximum atomic E-state index is 4.63. The molecule has 0 saturated heterocycles. The molecule has 2 unspecified atom stereocenters. The predicted octanol–water partition coefficient (Wildman–Crippen LogP) is 3.95. The molecule has 0 spiro atoms. The molecule has 0 aliphatic heterocycles. The molecule has 0 N–H and O–H groups in total. The largest absolute Gasteiger partial charge is 0.155 e. The number of fused-ring (bicyclic) bond motifs is 5. The lowest BCUT2D eigenvalue weighted by Crippen LogP contribution is -2.32. The van der Waals surface area contributed by atoms with Crippen LogP contribution in [0.1, 0.15) is 77.3 Å². The van der Waals surface area contributed by atoms with Gasteiger partial charge < -0.3 is 0 Å². The molecule has 0 radical (unpaired) electrons. The first-order valence-electron chi connectivity index (χ1n) is 7.06. The van der Waals surface area contributed by atoms with Gasteiger partial charge in [-0.3, -0.25) is 0 Å². The molecule has 2 aliphatic rings. The molecular formula is C16H24N2. The van der Waals surface area contributed by atoms with Gasteiger partial charge >= 0.3 is 0 Å². The first-order chi connectivity index (χ1) is 8.18. The average molecular weight is 244 g/mol. The Hall–Kier alpha value is -0.920. The second kappa shape index (κ2) is 3.15. The van der Waals surface area contributed by atoms with E-state index < -0.39 is 0 Å². The van der Waals surface area contributed by atoms with Crippen molar-refractivity contribution in [3.8, 4) is 0 Å². The summed E-state index contributed by atoms with van der Waals surface area (Å²) in [6.07, 6.45) is 2.58. The van der Waals surface area contributed by atoms with E-state index in [1.165, 1.54) is 24.1 Å². The molecule has 3 rings (SSSR count). The summed E-state index contributed by atoms with van der Waals surface area (Å²) in [6, 6.07) is 2.33. The van der Waals surface area contributed by atoms with Crippen LogP contribution in [0.5, 0.6) is 0 Å². The van der Waals surface area contributed by atoms with Crippen molar-refractivity contribution in [1.29, 1.82) is 0 Å². The fourth-order valence-electron chi connectivity index (χ4n) is 3.94. The Bertz CT molecular complexity index is 510. The molecule has 2 nitrogen and oxygen atoms in total. The van der Waals surface area contributed by atoms with Crippen molar-refractivity contribution in [1.82, 2.24) is 10.2 Å². The second-order valence-corrected chi connectivity index (χ2v) is 7.93. The Morgan fingerprint density at radius 3 is 2.44 bits per heavy atom. The lowest BCUT2D eigenvalue weighted by atomic mass is 9.70. The molecule has 2 bridgehead atoms. The molecule has 1 aromatic rings. The predicted molar refractivity (Wildman–Crippen MR) is 73.8 cm³/mol. The van der Waals surface area contributed by atoms with Crippen molar-refractivity contribution in [3.63, 3.8) is 0 Å². The molecule has 0 amide bonds. The minimum atomic E-state index is 0.0922. The molecule has 2 heteroatoms. The van der Waals surface area contributed by atoms with Gasteiger partial charge in [-0.2, -0.15) is 10.2 Å². The van der Waals surface area contributed by atoms with Crippen LogP contribution in [0.25, 0.3) is 0 Å². The Labute approximate surface area is 110 Å². The van der Waals surface area contributed by atoms with Crippen molar-refractivity contribution in [3.05, 3.63) is 23.0 Å². The summed E-state index contributed by atoms with van der Waals surface area (Å²) < 4.78 is 0. The van der Waals surface area contributed by atoms with Gasteiger partial charge in [0.2, 0.25) is 0 Å². The van der Waals surface area contributed by atoms with Crippen molar-refractivity contribution < 1.29 is 0 Å². The fourth-order valence-corrected chi connectivity index (χ4v) is 3.94. The molecule has 1 aromatic heterocycles. The van der Waals surface area contributed by atoms with E-state index in [-0.39, 0.29) is 10.8 Å². The summed E-state index contributed by atoms with van der Waals surface area (Å²) in [4.78, 5) is 0. The molecule has 2 atom stereocenters. The topological polar surface area (TPSA) is 25.8 Å². The normalized spacial score (nSPS) is 32.7. The SMILES string of the molecule is CC(C)(C)c1cc2c(nn1)C1(C)CCC2C1(C)C. The van der Waals surface area contributed by atoms with Crippen LogP contribution in [0, 0.1) is 5.41 Å². The van der Waals surface area contributed by atoms with E-state index in [1.54, 1.807) is 0 Å². The Morgan fingerprint density at radius 1 is 1.17 bits per heavy atom. The summed E-state index contributed by atoms with van der Waals surface area (Å²) >= 11 is 0. The van der Waals surface area contributed by atoms with Crippen molar-refractivity contribution in [2.75, 3.05) is 0 Å². The van der Waals surface area contributed by atoms with Crippen molar-refractivity contribution in [2.45, 2.75) is 71.1 Å². The van der Waals surface area contributed by atoms with Gasteiger partial charge in [-0.15, -0.1) is 0 Å². The van der Waals surface area contributed by atoms with Crippen LogP contribution in [0.2, 0.25) is 0 Å². The number of hydrogen-bond acceptors (Lipinski definition) is 2. The van der Waals surface area contributed by atoms with E-state index in [9.17, 15) is 0 Å². The molecule has 1 fully saturated rings. The highest BCUT2D eigenvalue weighted by atomic mass is 15.1. The zero-order valence-corrected chi connectivity index (χ0v) is 12.5. The number of nitrogens with zero attached hydrogens (tertiary/aromatic N) is 2. The van der Waals surface area contributed by atoms with E-state index in [0.717, 1.165) is 5.69 Å². The molecule has 18 heavy (non-hydrogen) atoms. The second-order valence-electron chi connectivity index (χ2n) is 7.93. The van der Waals surface area contributed by atoms with Crippen LogP contribution in [-0.4, -0.2) is 10.2 Å². The van der Waals surface area contributed by atoms with Gasteiger partial charge in [-0.1, -0.05) is 41.5 Å². The smallest absolute Gasteiger partial charge is 0.0730 e. The zero-order chi connectivity index (χ0) is 13.3. The lowest BCUT2D eigenvalue weighted by molar-refractivity contribution is 0.226.